The monoisotopic (exact) mass is 166 g/mol. The van der Waals surface area contributed by atoms with Crippen LogP contribution >= 0.6 is 0 Å². The first kappa shape index (κ1) is 8.78. The lowest BCUT2D eigenvalue weighted by molar-refractivity contribution is 0.0956. The van der Waals surface area contributed by atoms with Crippen LogP contribution in [0.25, 0.3) is 0 Å². The molecule has 0 bridgehead atoms. The summed E-state index contributed by atoms with van der Waals surface area (Å²) in [5.41, 5.74) is 1.84. The fraction of sp³-hybridized carbons (Fsp3) is 0.300. The Morgan fingerprint density at radius 1 is 1.50 bits per heavy atom. The molecular formula is C10H13NO. The summed E-state index contributed by atoms with van der Waals surface area (Å²) in [6.07, 6.45) is 0. The minimum absolute atomic E-state index is 0.00111. The minimum Gasteiger partial charge on any atom is -0.352 e. The topological polar surface area (TPSA) is 29.1 Å². The van der Waals surface area contributed by atoms with Gasteiger partial charge in [0, 0.05) is 12.1 Å². The normalized spacial score (nSPS) is 9.50. The van der Waals surface area contributed by atoms with Crippen LogP contribution in [0.15, 0.2) is 24.3 Å². The maximum Gasteiger partial charge on any atom is 0.251 e. The van der Waals surface area contributed by atoms with E-state index in [4.69, 9.17) is 0 Å². The molecule has 0 aromatic heterocycles. The van der Waals surface area contributed by atoms with Crippen molar-refractivity contribution in [2.24, 2.45) is 0 Å². The van der Waals surface area contributed by atoms with Gasteiger partial charge >= 0.3 is 0 Å². The van der Waals surface area contributed by atoms with Crippen molar-refractivity contribution in [3.05, 3.63) is 35.4 Å². The number of nitrogens with one attached hydrogen (secondary N) is 1. The van der Waals surface area contributed by atoms with Gasteiger partial charge in [0.2, 0.25) is 0 Å². The number of benzene rings is 1. The second-order valence-corrected chi connectivity index (χ2v) is 2.73. The van der Waals surface area contributed by atoms with Gasteiger partial charge in [0.1, 0.15) is 0 Å². The average Bonchev–Trinajstić information content (AvgIpc) is 2.05. The zero-order valence-electron chi connectivity index (χ0n) is 7.42. The van der Waals surface area contributed by atoms with Crippen molar-refractivity contribution in [3.63, 3.8) is 0 Å². The Morgan fingerprint density at radius 2 is 2.25 bits per heavy atom. The predicted molar refractivity (Wildman–Crippen MR) is 49.2 cm³/mol. The standard InChI is InChI=1S/C10H13NO/c1-3-11-10(12)9-6-4-5-8(2)7-9/h4-7H,3H2,1-2H3,(H,11,12)/i1+1,3+1,11+1. The maximum atomic E-state index is 11.3. The molecule has 1 rings (SSSR count). The van der Waals surface area contributed by atoms with Gasteiger partial charge in [-0.1, -0.05) is 17.7 Å². The van der Waals surface area contributed by atoms with E-state index in [-0.39, 0.29) is 5.91 Å². The van der Waals surface area contributed by atoms with E-state index >= 15 is 0 Å². The summed E-state index contributed by atoms with van der Waals surface area (Å²) in [7, 11) is 0. The Labute approximate surface area is 72.6 Å². The average molecular weight is 166 g/mol. The quantitative estimate of drug-likeness (QED) is 0.526. The molecule has 2 heteroatoms. The molecule has 0 radical (unpaired) electrons. The van der Waals surface area contributed by atoms with Crippen LogP contribution in [0.2, 0.25) is 0 Å². The van der Waals surface area contributed by atoms with Gasteiger partial charge in [0.25, 0.3) is 5.91 Å². The molecule has 1 aromatic carbocycles. The van der Waals surface area contributed by atoms with E-state index in [0.29, 0.717) is 6.54 Å². The second-order valence-electron chi connectivity index (χ2n) is 2.73. The molecule has 0 spiro atoms. The smallest absolute Gasteiger partial charge is 0.251 e. The molecule has 0 heterocycles. The van der Waals surface area contributed by atoms with Crippen molar-refractivity contribution in [1.82, 2.24) is 5.32 Å². The van der Waals surface area contributed by atoms with E-state index in [9.17, 15) is 4.79 Å². The number of hydrogen-bond acceptors (Lipinski definition) is 1. The molecule has 1 aromatic rings. The molecular weight excluding hydrogens is 153 g/mol. The Hall–Kier alpha value is -1.31. The molecule has 0 fully saturated rings. The van der Waals surface area contributed by atoms with Crippen LogP contribution < -0.4 is 5.32 Å². The highest BCUT2D eigenvalue weighted by molar-refractivity contribution is 5.94. The predicted octanol–water partition coefficient (Wildman–Crippen LogP) is 1.74. The molecule has 64 valence electrons. The number of carbonyl (C=O) groups excluding carboxylic acids is 1. The molecule has 1 N–H and O–H groups in total. The molecule has 0 saturated heterocycles. The molecule has 0 atom stereocenters. The van der Waals surface area contributed by atoms with Gasteiger partial charge in [-0.2, -0.15) is 0 Å². The van der Waals surface area contributed by atoms with Gasteiger partial charge in [-0.25, -0.2) is 0 Å². The fourth-order valence-electron chi connectivity index (χ4n) is 1.05. The van der Waals surface area contributed by atoms with Gasteiger partial charge in [0.15, 0.2) is 0 Å². The Balaban J connectivity index is 2.81. The lowest BCUT2D eigenvalue weighted by Crippen LogP contribution is -2.22. The van der Waals surface area contributed by atoms with Gasteiger partial charge < -0.3 is 5.32 Å². The minimum atomic E-state index is 0.00111. The van der Waals surface area contributed by atoms with E-state index in [1.807, 2.05) is 38.1 Å². The highest BCUT2D eigenvalue weighted by Gasteiger charge is 2.01. The highest BCUT2D eigenvalue weighted by atomic mass is 16.2. The molecule has 0 aliphatic carbocycles. The summed E-state index contributed by atoms with van der Waals surface area (Å²) in [6.45, 7) is 4.56. The number of carbonyl (C=O) groups is 1. The molecule has 0 aliphatic heterocycles. The van der Waals surface area contributed by atoms with Crippen molar-refractivity contribution in [2.45, 2.75) is 13.8 Å². The van der Waals surface area contributed by atoms with Crippen molar-refractivity contribution >= 4 is 5.91 Å². The van der Waals surface area contributed by atoms with Crippen LogP contribution in [0.1, 0.15) is 22.8 Å². The molecule has 1 amide bonds. The zero-order chi connectivity index (χ0) is 8.97. The van der Waals surface area contributed by atoms with Crippen LogP contribution in [-0.4, -0.2) is 12.5 Å². The Kier molecular flexibility index (Phi) is 2.86. The lowest BCUT2D eigenvalue weighted by Gasteiger charge is -2.01. The van der Waals surface area contributed by atoms with E-state index in [0.717, 1.165) is 11.1 Å². The Bertz CT molecular complexity index is 281. The largest absolute Gasteiger partial charge is 0.352 e. The molecule has 0 aliphatic rings. The molecule has 12 heavy (non-hydrogen) atoms. The second kappa shape index (κ2) is 3.90. The van der Waals surface area contributed by atoms with E-state index in [1.165, 1.54) is 0 Å². The first-order chi connectivity index (χ1) is 5.74. The zero-order valence-corrected chi connectivity index (χ0v) is 7.42. The van der Waals surface area contributed by atoms with Gasteiger partial charge in [-0.3, -0.25) is 4.79 Å². The van der Waals surface area contributed by atoms with Gasteiger partial charge in [-0.15, -0.1) is 0 Å². The molecule has 2 nitrogen and oxygen atoms in total. The van der Waals surface area contributed by atoms with E-state index in [2.05, 4.69) is 5.32 Å². The number of amides is 1. The van der Waals surface area contributed by atoms with Crippen molar-refractivity contribution < 1.29 is 4.79 Å². The molecule has 0 unspecified atom stereocenters. The number of hydrogen-bond donors (Lipinski definition) is 1. The summed E-state index contributed by atoms with van der Waals surface area (Å²) >= 11 is 0. The SMILES string of the molecule is Cc1cccc(C(=O)[15NH][13CH2][13CH3])c1. The van der Waals surface area contributed by atoms with Crippen molar-refractivity contribution in [1.29, 1.82) is 0 Å². The van der Waals surface area contributed by atoms with E-state index < -0.39 is 0 Å². The highest BCUT2D eigenvalue weighted by Crippen LogP contribution is 2.02. The maximum absolute atomic E-state index is 11.3. The third kappa shape index (κ3) is 2.09. The van der Waals surface area contributed by atoms with Gasteiger partial charge in [0.05, 0.1) is 0 Å². The van der Waals surface area contributed by atoms with Crippen LogP contribution in [0.5, 0.6) is 0 Å². The van der Waals surface area contributed by atoms with E-state index in [1.54, 1.807) is 0 Å². The summed E-state index contributed by atoms with van der Waals surface area (Å²) in [5.74, 6) is 0.00111. The third-order valence-electron chi connectivity index (χ3n) is 1.62. The van der Waals surface area contributed by atoms with Crippen LogP contribution in [0.4, 0.5) is 0 Å². The fourth-order valence-corrected chi connectivity index (χ4v) is 1.05. The number of rotatable bonds is 2. The Morgan fingerprint density at radius 3 is 2.83 bits per heavy atom. The third-order valence-corrected chi connectivity index (χ3v) is 1.62. The van der Waals surface area contributed by atoms with Gasteiger partial charge in [-0.05, 0) is 26.0 Å². The first-order valence-electron chi connectivity index (χ1n) is 4.09. The van der Waals surface area contributed by atoms with Crippen LogP contribution in [0, 0.1) is 6.92 Å². The van der Waals surface area contributed by atoms with Crippen LogP contribution in [0.3, 0.4) is 0 Å². The summed E-state index contributed by atoms with van der Waals surface area (Å²) in [5, 5.41) is 2.75. The lowest BCUT2D eigenvalue weighted by atomic mass is 10.1. The van der Waals surface area contributed by atoms with Crippen LogP contribution in [-0.2, 0) is 0 Å². The summed E-state index contributed by atoms with van der Waals surface area (Å²) in [6, 6.07) is 7.56. The first-order valence-corrected chi connectivity index (χ1v) is 4.09. The van der Waals surface area contributed by atoms with Crippen molar-refractivity contribution in [2.75, 3.05) is 6.54 Å². The van der Waals surface area contributed by atoms with Crippen molar-refractivity contribution in [3.8, 4) is 0 Å². The number of aryl methyl sites for hydroxylation is 1. The summed E-state index contributed by atoms with van der Waals surface area (Å²) < 4.78 is 0. The molecule has 0 saturated carbocycles. The summed E-state index contributed by atoms with van der Waals surface area (Å²) in [4.78, 5) is 11.3.